The molecule has 130 valence electrons. The molecule has 0 N–H and O–H groups in total. The number of anilines is 1. The Balaban J connectivity index is 1.57. The predicted octanol–water partition coefficient (Wildman–Crippen LogP) is 4.19. The van der Waals surface area contributed by atoms with E-state index in [0.717, 1.165) is 35.2 Å². The second kappa shape index (κ2) is 5.27. The minimum absolute atomic E-state index is 0.190. The summed E-state index contributed by atoms with van der Waals surface area (Å²) in [5.74, 6) is 1.43. The third kappa shape index (κ3) is 2.20. The van der Waals surface area contributed by atoms with Gasteiger partial charge in [0.05, 0.1) is 11.6 Å². The van der Waals surface area contributed by atoms with E-state index in [9.17, 15) is 4.79 Å². The van der Waals surface area contributed by atoms with Crippen LogP contribution in [0.4, 0.5) is 5.69 Å². The van der Waals surface area contributed by atoms with Gasteiger partial charge in [0.25, 0.3) is 0 Å². The molecule has 0 atom stereocenters. The molecule has 2 aromatic heterocycles. The molecule has 0 unspecified atom stereocenters. The van der Waals surface area contributed by atoms with E-state index in [1.165, 1.54) is 0 Å². The van der Waals surface area contributed by atoms with Gasteiger partial charge in [0.2, 0.25) is 11.8 Å². The van der Waals surface area contributed by atoms with Crippen molar-refractivity contribution in [1.82, 2.24) is 9.97 Å². The molecule has 0 saturated heterocycles. The molecule has 1 aliphatic heterocycles. The highest BCUT2D eigenvalue weighted by molar-refractivity contribution is 6.08. The van der Waals surface area contributed by atoms with Gasteiger partial charge in [-0.15, -0.1) is 0 Å². The van der Waals surface area contributed by atoms with Crippen LogP contribution in [0.1, 0.15) is 32.3 Å². The Labute approximate surface area is 151 Å². The van der Waals surface area contributed by atoms with Crippen LogP contribution in [0.2, 0.25) is 0 Å². The summed E-state index contributed by atoms with van der Waals surface area (Å²) in [4.78, 5) is 23.4. The van der Waals surface area contributed by atoms with E-state index >= 15 is 0 Å². The monoisotopic (exact) mass is 345 g/mol. The lowest BCUT2D eigenvalue weighted by atomic mass is 9.86. The summed E-state index contributed by atoms with van der Waals surface area (Å²) in [6.45, 7) is 4.00. The first-order chi connectivity index (χ1) is 12.6. The summed E-state index contributed by atoms with van der Waals surface area (Å²) in [6.07, 6.45) is 7.36. The van der Waals surface area contributed by atoms with Gasteiger partial charge in [-0.1, -0.05) is 6.07 Å². The molecule has 5 nitrogen and oxygen atoms in total. The third-order valence-corrected chi connectivity index (χ3v) is 5.29. The summed E-state index contributed by atoms with van der Waals surface area (Å²) < 4.78 is 5.95. The summed E-state index contributed by atoms with van der Waals surface area (Å²) in [5, 5.41) is 0. The molecule has 2 aliphatic rings. The highest BCUT2D eigenvalue weighted by atomic mass is 16.4. The number of amides is 1. The van der Waals surface area contributed by atoms with E-state index < -0.39 is 5.41 Å². The van der Waals surface area contributed by atoms with Gasteiger partial charge < -0.3 is 9.32 Å². The van der Waals surface area contributed by atoms with Gasteiger partial charge in [0.1, 0.15) is 0 Å². The Bertz CT molecular complexity index is 1000. The maximum absolute atomic E-state index is 12.9. The number of oxazole rings is 1. The SMILES string of the molecule is CC1(C)C(=O)N(C2CC2)c2cc(-c3ncc(-c4cccnc4)o3)ccc21. The fourth-order valence-corrected chi connectivity index (χ4v) is 3.66. The largest absolute Gasteiger partial charge is 0.436 e. The van der Waals surface area contributed by atoms with Crippen molar-refractivity contribution in [3.05, 3.63) is 54.5 Å². The maximum Gasteiger partial charge on any atom is 0.237 e. The summed E-state index contributed by atoms with van der Waals surface area (Å²) in [6, 6.07) is 10.2. The molecular formula is C21H19N3O2. The fraction of sp³-hybridized carbons (Fsp3) is 0.286. The lowest BCUT2D eigenvalue weighted by Gasteiger charge is -2.19. The Morgan fingerprint density at radius 2 is 2.00 bits per heavy atom. The molecule has 26 heavy (non-hydrogen) atoms. The van der Waals surface area contributed by atoms with Crippen molar-refractivity contribution >= 4 is 11.6 Å². The number of pyridine rings is 1. The molecule has 1 amide bonds. The lowest BCUT2D eigenvalue weighted by Crippen LogP contribution is -2.37. The van der Waals surface area contributed by atoms with Crippen LogP contribution in [0.5, 0.6) is 0 Å². The average molecular weight is 345 g/mol. The van der Waals surface area contributed by atoms with Crippen LogP contribution in [0.25, 0.3) is 22.8 Å². The second-order valence-electron chi connectivity index (χ2n) is 7.53. The number of carbonyl (C=O) groups excluding carboxylic acids is 1. The average Bonchev–Trinajstić information content (AvgIpc) is 3.31. The molecule has 0 radical (unpaired) electrons. The first kappa shape index (κ1) is 15.3. The Morgan fingerprint density at radius 3 is 2.73 bits per heavy atom. The topological polar surface area (TPSA) is 59.2 Å². The van der Waals surface area contributed by atoms with Crippen molar-refractivity contribution in [3.8, 4) is 22.8 Å². The van der Waals surface area contributed by atoms with Crippen LogP contribution in [-0.4, -0.2) is 21.9 Å². The highest BCUT2D eigenvalue weighted by Gasteiger charge is 2.49. The number of hydrogen-bond acceptors (Lipinski definition) is 4. The Hall–Kier alpha value is -2.95. The number of carbonyl (C=O) groups is 1. The molecule has 1 fully saturated rings. The van der Waals surface area contributed by atoms with Crippen LogP contribution >= 0.6 is 0 Å². The number of fused-ring (bicyclic) bond motifs is 1. The molecule has 3 heterocycles. The zero-order valence-electron chi connectivity index (χ0n) is 14.8. The summed E-state index contributed by atoms with van der Waals surface area (Å²) >= 11 is 0. The smallest absolute Gasteiger partial charge is 0.237 e. The van der Waals surface area contributed by atoms with Crippen LogP contribution < -0.4 is 4.90 Å². The zero-order valence-corrected chi connectivity index (χ0v) is 14.8. The molecule has 0 bridgehead atoms. The van der Waals surface area contributed by atoms with Crippen LogP contribution in [0.15, 0.2) is 53.3 Å². The summed E-state index contributed by atoms with van der Waals surface area (Å²) in [5.41, 5.74) is 3.38. The van der Waals surface area contributed by atoms with Gasteiger partial charge in [0, 0.05) is 35.2 Å². The van der Waals surface area contributed by atoms with Crippen molar-refractivity contribution in [3.63, 3.8) is 0 Å². The predicted molar refractivity (Wildman–Crippen MR) is 98.7 cm³/mol. The van der Waals surface area contributed by atoms with Crippen molar-refractivity contribution in [1.29, 1.82) is 0 Å². The molecule has 1 saturated carbocycles. The van der Waals surface area contributed by atoms with Gasteiger partial charge in [-0.05, 0) is 56.5 Å². The number of benzene rings is 1. The van der Waals surface area contributed by atoms with E-state index in [1.807, 2.05) is 49.1 Å². The van der Waals surface area contributed by atoms with Gasteiger partial charge in [-0.2, -0.15) is 0 Å². The van der Waals surface area contributed by atoms with Crippen LogP contribution in [0.3, 0.4) is 0 Å². The number of aromatic nitrogens is 2. The maximum atomic E-state index is 12.9. The highest BCUT2D eigenvalue weighted by Crippen LogP contribution is 2.47. The Morgan fingerprint density at radius 1 is 1.15 bits per heavy atom. The van der Waals surface area contributed by atoms with Gasteiger partial charge in [-0.25, -0.2) is 4.98 Å². The molecule has 5 rings (SSSR count). The molecule has 1 aliphatic carbocycles. The van der Waals surface area contributed by atoms with E-state index in [1.54, 1.807) is 18.6 Å². The molecule has 3 aromatic rings. The van der Waals surface area contributed by atoms with E-state index in [0.29, 0.717) is 17.7 Å². The first-order valence-corrected chi connectivity index (χ1v) is 8.90. The van der Waals surface area contributed by atoms with Crippen molar-refractivity contribution in [2.45, 2.75) is 38.1 Å². The van der Waals surface area contributed by atoms with Gasteiger partial charge in [0.15, 0.2) is 5.76 Å². The van der Waals surface area contributed by atoms with Crippen LogP contribution in [0, 0.1) is 0 Å². The molecule has 1 aromatic carbocycles. The van der Waals surface area contributed by atoms with E-state index in [-0.39, 0.29) is 5.91 Å². The normalized spacial score (nSPS) is 18.2. The third-order valence-electron chi connectivity index (χ3n) is 5.29. The van der Waals surface area contributed by atoms with E-state index in [4.69, 9.17) is 4.42 Å². The van der Waals surface area contributed by atoms with Crippen molar-refractivity contribution in [2.75, 3.05) is 4.90 Å². The number of nitrogens with zero attached hydrogens (tertiary/aromatic N) is 3. The van der Waals surface area contributed by atoms with Gasteiger partial charge >= 0.3 is 0 Å². The van der Waals surface area contributed by atoms with E-state index in [2.05, 4.69) is 9.97 Å². The quantitative estimate of drug-likeness (QED) is 0.714. The Kier molecular flexibility index (Phi) is 3.11. The van der Waals surface area contributed by atoms with Crippen molar-refractivity contribution in [2.24, 2.45) is 0 Å². The zero-order chi connectivity index (χ0) is 17.9. The molecule has 0 spiro atoms. The lowest BCUT2D eigenvalue weighted by molar-refractivity contribution is -0.122. The fourth-order valence-electron chi connectivity index (χ4n) is 3.66. The minimum Gasteiger partial charge on any atom is -0.436 e. The van der Waals surface area contributed by atoms with Crippen molar-refractivity contribution < 1.29 is 9.21 Å². The summed E-state index contributed by atoms with van der Waals surface area (Å²) in [7, 11) is 0. The standard InChI is InChI=1S/C21H19N3O2/c1-21(2)16-8-5-13(10-17(16)24(20(21)25)15-6-7-15)19-23-12-18(26-19)14-4-3-9-22-11-14/h3-5,8-12,15H,6-7H2,1-2H3. The molecular weight excluding hydrogens is 326 g/mol. The molecule has 5 heteroatoms. The number of rotatable bonds is 3. The first-order valence-electron chi connectivity index (χ1n) is 8.90. The second-order valence-corrected chi connectivity index (χ2v) is 7.53. The number of hydrogen-bond donors (Lipinski definition) is 0. The van der Waals surface area contributed by atoms with Crippen LogP contribution in [-0.2, 0) is 10.2 Å². The van der Waals surface area contributed by atoms with Gasteiger partial charge in [-0.3, -0.25) is 9.78 Å². The minimum atomic E-state index is -0.478.